The van der Waals surface area contributed by atoms with Gasteiger partial charge in [0.2, 0.25) is 5.91 Å². The van der Waals surface area contributed by atoms with Gasteiger partial charge in [-0.3, -0.25) is 4.79 Å². The average Bonchev–Trinajstić information content (AvgIpc) is 2.46. The third-order valence-corrected chi connectivity index (χ3v) is 4.54. The topological polar surface area (TPSA) is 69.6 Å². The molecule has 118 valence electrons. The fourth-order valence-electron chi connectivity index (χ4n) is 2.38. The Labute approximate surface area is 131 Å². The zero-order valence-corrected chi connectivity index (χ0v) is 13.4. The molecule has 21 heavy (non-hydrogen) atoms. The van der Waals surface area contributed by atoms with Crippen LogP contribution in [0.2, 0.25) is 5.02 Å². The van der Waals surface area contributed by atoms with E-state index in [-0.39, 0.29) is 30.1 Å². The Balaban J connectivity index is 2.60. The molecular weight excluding hydrogens is 290 g/mol. The van der Waals surface area contributed by atoms with Gasteiger partial charge in [0.25, 0.3) is 0 Å². The molecule has 4 nitrogen and oxygen atoms in total. The molecule has 0 aromatic heterocycles. The van der Waals surface area contributed by atoms with Crippen LogP contribution in [-0.2, 0) is 11.2 Å². The number of hydrogen-bond donors (Lipinski definition) is 3. The zero-order chi connectivity index (χ0) is 15.9. The monoisotopic (exact) mass is 313 g/mol. The van der Waals surface area contributed by atoms with Gasteiger partial charge in [0.05, 0.1) is 6.42 Å². The van der Waals surface area contributed by atoms with E-state index in [1.165, 1.54) is 12.1 Å². The predicted octanol–water partition coefficient (Wildman–Crippen LogP) is 2.89. The molecule has 0 radical (unpaired) electrons. The number of benzene rings is 1. The standard InChI is InChI=1S/C16H24ClNO3/c1-3-16(4-2,7-8-19)11-18-15(21)9-12-5-6-13(20)10-14(12)17/h5-6,10,19-20H,3-4,7-9,11H2,1-2H3,(H,18,21). The molecule has 1 aromatic rings. The summed E-state index contributed by atoms with van der Waals surface area (Å²) >= 11 is 5.99. The summed E-state index contributed by atoms with van der Waals surface area (Å²) in [5, 5.41) is 21.8. The largest absolute Gasteiger partial charge is 0.508 e. The van der Waals surface area contributed by atoms with E-state index in [0.29, 0.717) is 23.6 Å². The van der Waals surface area contributed by atoms with Crippen LogP contribution in [0, 0.1) is 5.41 Å². The molecule has 0 saturated carbocycles. The van der Waals surface area contributed by atoms with Crippen LogP contribution >= 0.6 is 11.6 Å². The molecule has 3 N–H and O–H groups in total. The number of aliphatic hydroxyl groups is 1. The number of carbonyl (C=O) groups is 1. The van der Waals surface area contributed by atoms with E-state index in [1.807, 2.05) is 0 Å². The molecule has 0 fully saturated rings. The fourth-order valence-corrected chi connectivity index (χ4v) is 2.62. The summed E-state index contributed by atoms with van der Waals surface area (Å²) in [5.74, 6) is -0.0186. The van der Waals surface area contributed by atoms with Gasteiger partial charge in [-0.05, 0) is 42.4 Å². The van der Waals surface area contributed by atoms with E-state index < -0.39 is 0 Å². The lowest BCUT2D eigenvalue weighted by Crippen LogP contribution is -2.38. The number of amides is 1. The maximum atomic E-state index is 12.0. The van der Waals surface area contributed by atoms with Crippen molar-refractivity contribution in [2.45, 2.75) is 39.5 Å². The normalized spacial score (nSPS) is 11.4. The van der Waals surface area contributed by atoms with Gasteiger partial charge >= 0.3 is 0 Å². The van der Waals surface area contributed by atoms with Crippen LogP contribution in [0.1, 0.15) is 38.7 Å². The maximum Gasteiger partial charge on any atom is 0.224 e. The molecule has 0 aliphatic rings. The number of hydrogen-bond acceptors (Lipinski definition) is 3. The minimum Gasteiger partial charge on any atom is -0.508 e. The minimum atomic E-state index is -0.105. The summed E-state index contributed by atoms with van der Waals surface area (Å²) in [5.41, 5.74) is 0.635. The van der Waals surface area contributed by atoms with E-state index in [0.717, 1.165) is 12.8 Å². The molecule has 0 aliphatic heterocycles. The van der Waals surface area contributed by atoms with Gasteiger partial charge < -0.3 is 15.5 Å². The van der Waals surface area contributed by atoms with E-state index in [2.05, 4.69) is 19.2 Å². The van der Waals surface area contributed by atoms with Crippen molar-refractivity contribution in [2.75, 3.05) is 13.2 Å². The third kappa shape index (κ3) is 5.21. The first-order valence-electron chi connectivity index (χ1n) is 7.31. The Morgan fingerprint density at radius 2 is 2.00 bits per heavy atom. The van der Waals surface area contributed by atoms with Crippen LogP contribution in [0.3, 0.4) is 0 Å². The SMILES string of the molecule is CCC(CC)(CCO)CNC(=O)Cc1ccc(O)cc1Cl. The summed E-state index contributed by atoms with van der Waals surface area (Å²) in [6, 6.07) is 4.60. The molecule has 0 spiro atoms. The third-order valence-electron chi connectivity index (χ3n) is 4.19. The highest BCUT2D eigenvalue weighted by Crippen LogP contribution is 2.29. The minimum absolute atomic E-state index is 0.0524. The van der Waals surface area contributed by atoms with Gasteiger partial charge in [-0.2, -0.15) is 0 Å². The first kappa shape index (κ1) is 17.8. The van der Waals surface area contributed by atoms with Crippen molar-refractivity contribution in [3.05, 3.63) is 28.8 Å². The summed E-state index contributed by atoms with van der Waals surface area (Å²) in [4.78, 5) is 12.0. The van der Waals surface area contributed by atoms with Crippen LogP contribution in [0.5, 0.6) is 5.75 Å². The van der Waals surface area contributed by atoms with Crippen molar-refractivity contribution in [2.24, 2.45) is 5.41 Å². The Hall–Kier alpha value is -1.26. The predicted molar refractivity (Wildman–Crippen MR) is 84.5 cm³/mol. The number of carbonyl (C=O) groups excluding carboxylic acids is 1. The zero-order valence-electron chi connectivity index (χ0n) is 12.7. The van der Waals surface area contributed by atoms with E-state index in [1.54, 1.807) is 6.07 Å². The van der Waals surface area contributed by atoms with Crippen molar-refractivity contribution in [1.82, 2.24) is 5.32 Å². The Morgan fingerprint density at radius 3 is 2.52 bits per heavy atom. The molecule has 0 atom stereocenters. The van der Waals surface area contributed by atoms with Crippen LogP contribution < -0.4 is 5.32 Å². The fraction of sp³-hybridized carbons (Fsp3) is 0.562. The smallest absolute Gasteiger partial charge is 0.224 e. The lowest BCUT2D eigenvalue weighted by Gasteiger charge is -2.31. The molecule has 5 heteroatoms. The van der Waals surface area contributed by atoms with Gasteiger partial charge in [-0.15, -0.1) is 0 Å². The average molecular weight is 314 g/mol. The Kier molecular flexibility index (Phi) is 6.99. The highest BCUT2D eigenvalue weighted by molar-refractivity contribution is 6.31. The number of aliphatic hydroxyl groups excluding tert-OH is 1. The van der Waals surface area contributed by atoms with E-state index >= 15 is 0 Å². The van der Waals surface area contributed by atoms with Gasteiger partial charge in [0.1, 0.15) is 5.75 Å². The molecule has 0 aliphatic carbocycles. The number of rotatable bonds is 8. The number of aromatic hydroxyl groups is 1. The quantitative estimate of drug-likeness (QED) is 0.691. The molecule has 0 bridgehead atoms. The summed E-state index contributed by atoms with van der Waals surface area (Å²) in [6.07, 6.45) is 2.68. The highest BCUT2D eigenvalue weighted by Gasteiger charge is 2.26. The molecule has 0 unspecified atom stereocenters. The number of nitrogens with one attached hydrogen (secondary N) is 1. The molecule has 0 heterocycles. The number of halogens is 1. The van der Waals surface area contributed by atoms with Crippen molar-refractivity contribution < 1.29 is 15.0 Å². The second-order valence-electron chi connectivity index (χ2n) is 5.41. The van der Waals surface area contributed by atoms with Gasteiger partial charge in [-0.1, -0.05) is 31.5 Å². The number of phenolic OH excluding ortho intramolecular Hbond substituents is 1. The summed E-state index contributed by atoms with van der Waals surface area (Å²) in [7, 11) is 0. The Bertz CT molecular complexity index is 473. The second kappa shape index (κ2) is 8.25. The lowest BCUT2D eigenvalue weighted by atomic mass is 9.79. The lowest BCUT2D eigenvalue weighted by molar-refractivity contribution is -0.121. The Morgan fingerprint density at radius 1 is 1.33 bits per heavy atom. The number of phenols is 1. The van der Waals surface area contributed by atoms with Crippen molar-refractivity contribution in [1.29, 1.82) is 0 Å². The molecule has 0 saturated heterocycles. The van der Waals surface area contributed by atoms with E-state index in [9.17, 15) is 15.0 Å². The van der Waals surface area contributed by atoms with Crippen molar-refractivity contribution >= 4 is 17.5 Å². The van der Waals surface area contributed by atoms with E-state index in [4.69, 9.17) is 11.6 Å². The van der Waals surface area contributed by atoms with Crippen LogP contribution in [0.25, 0.3) is 0 Å². The van der Waals surface area contributed by atoms with Crippen LogP contribution in [0.15, 0.2) is 18.2 Å². The van der Waals surface area contributed by atoms with Crippen molar-refractivity contribution in [3.8, 4) is 5.75 Å². The molecule has 1 amide bonds. The second-order valence-corrected chi connectivity index (χ2v) is 5.82. The summed E-state index contributed by atoms with van der Waals surface area (Å²) < 4.78 is 0. The van der Waals surface area contributed by atoms with Gasteiger partial charge in [-0.25, -0.2) is 0 Å². The maximum absolute atomic E-state index is 12.0. The first-order chi connectivity index (χ1) is 9.96. The van der Waals surface area contributed by atoms with Gasteiger partial charge in [0.15, 0.2) is 0 Å². The van der Waals surface area contributed by atoms with Crippen LogP contribution in [0.4, 0.5) is 0 Å². The van der Waals surface area contributed by atoms with Crippen LogP contribution in [-0.4, -0.2) is 29.3 Å². The van der Waals surface area contributed by atoms with Crippen molar-refractivity contribution in [3.63, 3.8) is 0 Å². The molecule has 1 rings (SSSR count). The highest BCUT2D eigenvalue weighted by atomic mass is 35.5. The molecule has 1 aromatic carbocycles. The first-order valence-corrected chi connectivity index (χ1v) is 7.69. The molecular formula is C16H24ClNO3. The summed E-state index contributed by atoms with van der Waals surface area (Å²) in [6.45, 7) is 4.82. The van der Waals surface area contributed by atoms with Gasteiger partial charge in [0, 0.05) is 18.2 Å².